The first-order chi connectivity index (χ1) is 8.03. The maximum atomic E-state index is 12.6. The number of amides is 1. The Kier molecular flexibility index (Phi) is 3.59. The fourth-order valence-electron chi connectivity index (χ4n) is 1.61. The van der Waals surface area contributed by atoms with E-state index in [0.29, 0.717) is 0 Å². The zero-order chi connectivity index (χ0) is 14.1. The summed E-state index contributed by atoms with van der Waals surface area (Å²) in [6.07, 6.45) is -5.78. The lowest BCUT2D eigenvalue weighted by atomic mass is 10.0. The number of carboxylic acid groups (broad SMARTS) is 1. The molecule has 0 unspecified atom stereocenters. The zero-order valence-corrected chi connectivity index (χ0v) is 10.2. The van der Waals surface area contributed by atoms with Crippen LogP contribution in [0.1, 0.15) is 26.3 Å². The van der Waals surface area contributed by atoms with Gasteiger partial charge in [-0.2, -0.15) is 13.2 Å². The number of carbonyl (C=O) groups is 1. The van der Waals surface area contributed by atoms with Crippen LogP contribution in [0.3, 0.4) is 0 Å². The number of anilines is 1. The molecule has 6 heteroatoms. The lowest BCUT2D eigenvalue weighted by Crippen LogP contribution is -2.45. The van der Waals surface area contributed by atoms with E-state index < -0.39 is 23.4 Å². The highest BCUT2D eigenvalue weighted by molar-refractivity contribution is 5.87. The van der Waals surface area contributed by atoms with Gasteiger partial charge in [0.05, 0.1) is 5.56 Å². The monoisotopic (exact) mass is 261 g/mol. The molecule has 0 atom stereocenters. The molecule has 1 rings (SSSR count). The zero-order valence-electron chi connectivity index (χ0n) is 10.2. The summed E-state index contributed by atoms with van der Waals surface area (Å²) in [7, 11) is 0. The number of benzene rings is 1. The van der Waals surface area contributed by atoms with Gasteiger partial charge in [0.25, 0.3) is 0 Å². The Morgan fingerprint density at radius 3 is 2.17 bits per heavy atom. The Hall–Kier alpha value is -1.72. The van der Waals surface area contributed by atoms with Crippen LogP contribution in [0.25, 0.3) is 0 Å². The third-order valence-corrected chi connectivity index (χ3v) is 2.29. The molecule has 0 aliphatic rings. The van der Waals surface area contributed by atoms with Gasteiger partial charge in [0.1, 0.15) is 0 Å². The van der Waals surface area contributed by atoms with Crippen molar-refractivity contribution < 1.29 is 23.1 Å². The highest BCUT2D eigenvalue weighted by Crippen LogP contribution is 2.33. The van der Waals surface area contributed by atoms with Crippen LogP contribution in [0.15, 0.2) is 24.3 Å². The highest BCUT2D eigenvalue weighted by atomic mass is 19.4. The summed E-state index contributed by atoms with van der Waals surface area (Å²) in [6, 6.07) is 4.28. The molecule has 3 nitrogen and oxygen atoms in total. The van der Waals surface area contributed by atoms with E-state index in [1.165, 1.54) is 12.1 Å². The van der Waals surface area contributed by atoms with Crippen LogP contribution >= 0.6 is 0 Å². The van der Waals surface area contributed by atoms with Gasteiger partial charge in [0.2, 0.25) is 0 Å². The molecule has 0 radical (unpaired) electrons. The molecule has 0 fully saturated rings. The van der Waals surface area contributed by atoms with Crippen LogP contribution in [0.5, 0.6) is 0 Å². The standard InChI is InChI=1S/C12H14F3NO2/c1-11(2,3)16(10(17)18)9-6-4-5-8(7-9)12(13,14)15/h4-7H,1-3H3,(H,17,18). The van der Waals surface area contributed by atoms with Gasteiger partial charge in [-0.3, -0.25) is 4.90 Å². The fraction of sp³-hybridized carbons (Fsp3) is 0.417. The maximum Gasteiger partial charge on any atom is 0.416 e. The second-order valence-electron chi connectivity index (χ2n) is 4.84. The average Bonchev–Trinajstić information content (AvgIpc) is 2.13. The van der Waals surface area contributed by atoms with Gasteiger partial charge in [-0.15, -0.1) is 0 Å². The van der Waals surface area contributed by atoms with Gasteiger partial charge < -0.3 is 5.11 Å². The number of rotatable bonds is 1. The molecule has 0 saturated heterocycles. The first kappa shape index (κ1) is 14.3. The summed E-state index contributed by atoms with van der Waals surface area (Å²) in [4.78, 5) is 12.1. The van der Waals surface area contributed by atoms with E-state index in [1.54, 1.807) is 20.8 Å². The van der Waals surface area contributed by atoms with Crippen LogP contribution in [0.2, 0.25) is 0 Å². The molecule has 0 aromatic heterocycles. The lowest BCUT2D eigenvalue weighted by Gasteiger charge is -2.33. The van der Waals surface area contributed by atoms with Gasteiger partial charge in [-0.1, -0.05) is 6.07 Å². The van der Waals surface area contributed by atoms with Crippen LogP contribution in [-0.2, 0) is 6.18 Å². The summed E-state index contributed by atoms with van der Waals surface area (Å²) in [5, 5.41) is 9.10. The van der Waals surface area contributed by atoms with Crippen molar-refractivity contribution in [2.24, 2.45) is 0 Å². The van der Waals surface area contributed by atoms with E-state index in [2.05, 4.69) is 0 Å². The van der Waals surface area contributed by atoms with Crippen LogP contribution in [0, 0.1) is 0 Å². The fourth-order valence-corrected chi connectivity index (χ4v) is 1.61. The van der Waals surface area contributed by atoms with Crippen molar-refractivity contribution in [3.63, 3.8) is 0 Å². The van der Waals surface area contributed by atoms with Crippen molar-refractivity contribution in [1.29, 1.82) is 0 Å². The van der Waals surface area contributed by atoms with Crippen LogP contribution < -0.4 is 4.90 Å². The number of halogens is 3. The van der Waals surface area contributed by atoms with Gasteiger partial charge in [0.15, 0.2) is 0 Å². The molecule has 100 valence electrons. The molecule has 0 spiro atoms. The van der Waals surface area contributed by atoms with E-state index >= 15 is 0 Å². The summed E-state index contributed by atoms with van der Waals surface area (Å²) in [5.74, 6) is 0. The summed E-state index contributed by atoms with van der Waals surface area (Å²) < 4.78 is 37.7. The van der Waals surface area contributed by atoms with Crippen molar-refractivity contribution in [1.82, 2.24) is 0 Å². The minimum Gasteiger partial charge on any atom is -0.465 e. The lowest BCUT2D eigenvalue weighted by molar-refractivity contribution is -0.137. The largest absolute Gasteiger partial charge is 0.465 e. The smallest absolute Gasteiger partial charge is 0.416 e. The third-order valence-electron chi connectivity index (χ3n) is 2.29. The minimum absolute atomic E-state index is 0.00447. The maximum absolute atomic E-state index is 12.6. The molecule has 1 amide bonds. The molecule has 1 aromatic carbocycles. The van der Waals surface area contributed by atoms with E-state index in [0.717, 1.165) is 17.0 Å². The third kappa shape index (κ3) is 3.15. The topological polar surface area (TPSA) is 40.5 Å². The normalized spacial score (nSPS) is 12.3. The number of hydrogen-bond donors (Lipinski definition) is 1. The van der Waals surface area contributed by atoms with Gasteiger partial charge in [-0.25, -0.2) is 4.79 Å². The van der Waals surface area contributed by atoms with Crippen molar-refractivity contribution in [3.8, 4) is 0 Å². The molecular weight excluding hydrogens is 247 g/mol. The van der Waals surface area contributed by atoms with Gasteiger partial charge in [0, 0.05) is 11.2 Å². The van der Waals surface area contributed by atoms with E-state index in [4.69, 9.17) is 5.11 Å². The van der Waals surface area contributed by atoms with E-state index in [1.807, 2.05) is 0 Å². The quantitative estimate of drug-likeness (QED) is 0.830. The first-order valence-corrected chi connectivity index (χ1v) is 5.24. The molecule has 0 bridgehead atoms. The minimum atomic E-state index is -4.49. The molecule has 0 aliphatic heterocycles. The molecular formula is C12H14F3NO2. The van der Waals surface area contributed by atoms with Crippen molar-refractivity contribution in [3.05, 3.63) is 29.8 Å². The SMILES string of the molecule is CC(C)(C)N(C(=O)O)c1cccc(C(F)(F)F)c1. The van der Waals surface area contributed by atoms with Crippen molar-refractivity contribution in [2.45, 2.75) is 32.5 Å². The molecule has 0 aliphatic carbocycles. The molecule has 0 heterocycles. The molecule has 1 N–H and O–H groups in total. The van der Waals surface area contributed by atoms with Crippen LogP contribution in [-0.4, -0.2) is 16.7 Å². The molecule has 0 saturated carbocycles. The highest BCUT2D eigenvalue weighted by Gasteiger charge is 2.33. The summed E-state index contributed by atoms with van der Waals surface area (Å²) in [6.45, 7) is 4.84. The Morgan fingerprint density at radius 2 is 1.78 bits per heavy atom. The average molecular weight is 261 g/mol. The number of nitrogens with zero attached hydrogens (tertiary/aromatic N) is 1. The number of alkyl halides is 3. The van der Waals surface area contributed by atoms with Crippen molar-refractivity contribution in [2.75, 3.05) is 4.90 Å². The Balaban J connectivity index is 3.27. The van der Waals surface area contributed by atoms with Crippen molar-refractivity contribution >= 4 is 11.8 Å². The predicted molar refractivity (Wildman–Crippen MR) is 61.7 cm³/mol. The van der Waals surface area contributed by atoms with Gasteiger partial charge in [-0.05, 0) is 39.0 Å². The first-order valence-electron chi connectivity index (χ1n) is 5.24. The Labute approximate surface area is 103 Å². The van der Waals surface area contributed by atoms with E-state index in [9.17, 15) is 18.0 Å². The Morgan fingerprint density at radius 1 is 1.22 bits per heavy atom. The second kappa shape index (κ2) is 4.51. The Bertz CT molecular complexity index is 449. The van der Waals surface area contributed by atoms with Gasteiger partial charge >= 0.3 is 12.3 Å². The summed E-state index contributed by atoms with van der Waals surface area (Å²) >= 11 is 0. The predicted octanol–water partition coefficient (Wildman–Crippen LogP) is 3.99. The van der Waals surface area contributed by atoms with E-state index in [-0.39, 0.29) is 5.69 Å². The summed E-state index contributed by atoms with van der Waals surface area (Å²) in [5.41, 5.74) is -1.68. The second-order valence-corrected chi connectivity index (χ2v) is 4.84. The molecule has 18 heavy (non-hydrogen) atoms. The molecule has 1 aromatic rings. The van der Waals surface area contributed by atoms with Crippen LogP contribution in [0.4, 0.5) is 23.7 Å². The number of hydrogen-bond acceptors (Lipinski definition) is 1.